The zero-order valence-corrected chi connectivity index (χ0v) is 10.9. The van der Waals surface area contributed by atoms with E-state index in [-0.39, 0.29) is 11.4 Å². The minimum absolute atomic E-state index is 0.125. The Balaban J connectivity index is 2.44. The number of hydrogen-bond acceptors (Lipinski definition) is 2. The molecule has 1 aliphatic rings. The number of carbonyl (C=O) groups is 1. The summed E-state index contributed by atoms with van der Waals surface area (Å²) < 4.78 is 0. The summed E-state index contributed by atoms with van der Waals surface area (Å²) >= 11 is 0. The summed E-state index contributed by atoms with van der Waals surface area (Å²) in [5.41, 5.74) is 0.274. The molecule has 0 saturated carbocycles. The van der Waals surface area contributed by atoms with Gasteiger partial charge < -0.3 is 10.2 Å². The summed E-state index contributed by atoms with van der Waals surface area (Å²) in [5.74, 6) is 0.125. The second-order valence-electron chi connectivity index (χ2n) is 5.77. The van der Waals surface area contributed by atoms with Gasteiger partial charge in [0, 0.05) is 12.2 Å². The van der Waals surface area contributed by atoms with Gasteiger partial charge in [-0.3, -0.25) is 4.79 Å². The average Bonchev–Trinajstić information content (AvgIpc) is 2.27. The summed E-state index contributed by atoms with van der Waals surface area (Å²) in [4.78, 5) is 14.4. The quantitative estimate of drug-likeness (QED) is 0.805. The van der Waals surface area contributed by atoms with Gasteiger partial charge in [-0.2, -0.15) is 0 Å². The molecule has 0 unspecified atom stereocenters. The molecule has 0 spiro atoms. The van der Waals surface area contributed by atoms with Crippen LogP contribution in [-0.4, -0.2) is 23.5 Å². The molecule has 1 amide bonds. The van der Waals surface area contributed by atoms with Gasteiger partial charge >= 0.3 is 0 Å². The van der Waals surface area contributed by atoms with E-state index in [9.17, 15) is 4.79 Å². The van der Waals surface area contributed by atoms with Crippen LogP contribution in [0.4, 0.5) is 5.69 Å². The molecule has 1 aliphatic heterocycles. The van der Waals surface area contributed by atoms with Crippen LogP contribution in [0, 0.1) is 0 Å². The highest BCUT2D eigenvalue weighted by molar-refractivity contribution is 6.01. The number of nitrogens with zero attached hydrogens (tertiary/aromatic N) is 1. The molecule has 0 bridgehead atoms. The monoisotopic (exact) mass is 232 g/mol. The van der Waals surface area contributed by atoms with E-state index in [0.717, 1.165) is 12.2 Å². The molecule has 1 heterocycles. The molecule has 1 aromatic carbocycles. The van der Waals surface area contributed by atoms with E-state index in [0.29, 0.717) is 0 Å². The fourth-order valence-electron chi connectivity index (χ4n) is 2.19. The van der Waals surface area contributed by atoms with Crippen molar-refractivity contribution >= 4 is 11.6 Å². The minimum Gasteiger partial charge on any atom is -0.304 e. The number of para-hydroxylation sites is 1. The summed E-state index contributed by atoms with van der Waals surface area (Å²) in [6.45, 7) is 8.82. The lowest BCUT2D eigenvalue weighted by Crippen LogP contribution is -2.69. The van der Waals surface area contributed by atoms with Crippen molar-refractivity contribution < 1.29 is 4.79 Å². The third kappa shape index (κ3) is 2.07. The normalized spacial score (nSPS) is 22.6. The molecule has 0 radical (unpaired) electrons. The largest absolute Gasteiger partial charge is 0.304 e. The van der Waals surface area contributed by atoms with Crippen molar-refractivity contribution in [3.63, 3.8) is 0 Å². The summed E-state index contributed by atoms with van der Waals surface area (Å²) in [6.07, 6.45) is 0. The average molecular weight is 232 g/mol. The maximum Gasteiger partial charge on any atom is 0.247 e. The molecular formula is C14H20N2O. The van der Waals surface area contributed by atoms with Gasteiger partial charge in [-0.1, -0.05) is 18.2 Å². The molecule has 3 heteroatoms. The number of piperazine rings is 1. The van der Waals surface area contributed by atoms with Gasteiger partial charge in [0.2, 0.25) is 5.91 Å². The van der Waals surface area contributed by atoms with Crippen LogP contribution in [0.2, 0.25) is 0 Å². The van der Waals surface area contributed by atoms with E-state index < -0.39 is 5.54 Å². The number of carbonyl (C=O) groups excluding carboxylic acids is 1. The Morgan fingerprint density at radius 1 is 1.12 bits per heavy atom. The molecule has 1 aromatic rings. The summed E-state index contributed by atoms with van der Waals surface area (Å²) in [6, 6.07) is 9.87. The Kier molecular flexibility index (Phi) is 2.74. The van der Waals surface area contributed by atoms with Crippen molar-refractivity contribution in [1.29, 1.82) is 0 Å². The van der Waals surface area contributed by atoms with E-state index >= 15 is 0 Å². The first-order valence-corrected chi connectivity index (χ1v) is 5.99. The van der Waals surface area contributed by atoms with Gasteiger partial charge in [0.25, 0.3) is 0 Å². The van der Waals surface area contributed by atoms with E-state index in [1.54, 1.807) is 0 Å². The molecule has 3 nitrogen and oxygen atoms in total. The van der Waals surface area contributed by atoms with E-state index in [1.165, 1.54) is 0 Å². The third-order valence-electron chi connectivity index (χ3n) is 3.32. The Bertz CT molecular complexity index is 423. The lowest BCUT2D eigenvalue weighted by Gasteiger charge is -2.48. The molecular weight excluding hydrogens is 212 g/mol. The highest BCUT2D eigenvalue weighted by Crippen LogP contribution is 2.30. The van der Waals surface area contributed by atoms with Gasteiger partial charge in [-0.25, -0.2) is 0 Å². The number of nitrogens with one attached hydrogen (secondary N) is 1. The van der Waals surface area contributed by atoms with Crippen LogP contribution in [0.1, 0.15) is 27.7 Å². The number of anilines is 1. The smallest absolute Gasteiger partial charge is 0.247 e. The third-order valence-corrected chi connectivity index (χ3v) is 3.32. The first-order chi connectivity index (χ1) is 7.84. The van der Waals surface area contributed by atoms with Gasteiger partial charge in [0.05, 0.1) is 11.1 Å². The van der Waals surface area contributed by atoms with Gasteiger partial charge in [-0.15, -0.1) is 0 Å². The van der Waals surface area contributed by atoms with Crippen LogP contribution < -0.4 is 10.2 Å². The Morgan fingerprint density at radius 3 is 2.29 bits per heavy atom. The van der Waals surface area contributed by atoms with E-state index in [4.69, 9.17) is 0 Å². The molecule has 17 heavy (non-hydrogen) atoms. The molecule has 2 rings (SSSR count). The Labute approximate surface area is 103 Å². The van der Waals surface area contributed by atoms with E-state index in [2.05, 4.69) is 19.2 Å². The van der Waals surface area contributed by atoms with E-state index in [1.807, 2.05) is 49.1 Å². The van der Waals surface area contributed by atoms with Crippen molar-refractivity contribution in [2.45, 2.75) is 38.8 Å². The zero-order chi connectivity index (χ0) is 12.7. The van der Waals surface area contributed by atoms with Crippen LogP contribution in [-0.2, 0) is 4.79 Å². The molecule has 0 aliphatic carbocycles. The van der Waals surface area contributed by atoms with Gasteiger partial charge in [0.15, 0.2) is 0 Å². The minimum atomic E-state index is -0.495. The summed E-state index contributed by atoms with van der Waals surface area (Å²) in [7, 11) is 0. The molecule has 1 saturated heterocycles. The lowest BCUT2D eigenvalue weighted by molar-refractivity contribution is -0.126. The van der Waals surface area contributed by atoms with Gasteiger partial charge in [-0.05, 0) is 39.8 Å². The van der Waals surface area contributed by atoms with Crippen LogP contribution in [0.15, 0.2) is 30.3 Å². The molecule has 0 aromatic heterocycles. The first kappa shape index (κ1) is 12.1. The van der Waals surface area contributed by atoms with Crippen molar-refractivity contribution in [2.75, 3.05) is 11.4 Å². The number of rotatable bonds is 1. The molecule has 92 valence electrons. The van der Waals surface area contributed by atoms with Crippen molar-refractivity contribution in [1.82, 2.24) is 5.32 Å². The number of benzene rings is 1. The first-order valence-electron chi connectivity index (χ1n) is 5.99. The predicted octanol–water partition coefficient (Wildman–Crippen LogP) is 2.18. The predicted molar refractivity (Wildman–Crippen MR) is 70.1 cm³/mol. The highest BCUT2D eigenvalue weighted by atomic mass is 16.2. The fourth-order valence-corrected chi connectivity index (χ4v) is 2.19. The van der Waals surface area contributed by atoms with Crippen LogP contribution >= 0.6 is 0 Å². The lowest BCUT2D eigenvalue weighted by atomic mass is 9.90. The van der Waals surface area contributed by atoms with Crippen molar-refractivity contribution in [2.24, 2.45) is 0 Å². The second kappa shape index (κ2) is 3.84. The SMILES string of the molecule is CC1(C)NCC(C)(C)N(c2ccccc2)C1=O. The van der Waals surface area contributed by atoms with Crippen LogP contribution in [0.25, 0.3) is 0 Å². The maximum atomic E-state index is 12.5. The van der Waals surface area contributed by atoms with Crippen LogP contribution in [0.5, 0.6) is 0 Å². The standard InChI is InChI=1S/C14H20N2O/c1-13(2)10-15-14(3,4)12(17)16(13)11-8-6-5-7-9-11/h5-9,15H,10H2,1-4H3. The number of amides is 1. The maximum absolute atomic E-state index is 12.5. The van der Waals surface area contributed by atoms with Gasteiger partial charge in [0.1, 0.15) is 0 Å². The van der Waals surface area contributed by atoms with Crippen molar-refractivity contribution in [3.05, 3.63) is 30.3 Å². The number of hydrogen-bond donors (Lipinski definition) is 1. The molecule has 1 N–H and O–H groups in total. The second-order valence-corrected chi connectivity index (χ2v) is 5.77. The fraction of sp³-hybridized carbons (Fsp3) is 0.500. The molecule has 0 atom stereocenters. The molecule has 1 fully saturated rings. The summed E-state index contributed by atoms with van der Waals surface area (Å²) in [5, 5.41) is 3.31. The topological polar surface area (TPSA) is 32.3 Å². The Morgan fingerprint density at radius 2 is 1.71 bits per heavy atom. The Hall–Kier alpha value is -1.35. The zero-order valence-electron chi connectivity index (χ0n) is 10.9. The highest BCUT2D eigenvalue weighted by Gasteiger charge is 2.45. The van der Waals surface area contributed by atoms with Crippen molar-refractivity contribution in [3.8, 4) is 0 Å². The van der Waals surface area contributed by atoms with Crippen LogP contribution in [0.3, 0.4) is 0 Å².